The summed E-state index contributed by atoms with van der Waals surface area (Å²) in [4.78, 5) is 0. The molecule has 3 nitrogen and oxygen atoms in total. The fraction of sp³-hybridized carbons (Fsp3) is 0.500. The second-order valence-electron chi connectivity index (χ2n) is 4.52. The first-order chi connectivity index (χ1) is 8.84. The topological polar surface area (TPSA) is 33.3 Å². The molecule has 4 heteroatoms. The van der Waals surface area contributed by atoms with Gasteiger partial charge < -0.3 is 15.4 Å². The molecule has 1 atom stereocenters. The van der Waals surface area contributed by atoms with Crippen molar-refractivity contribution in [1.29, 1.82) is 0 Å². The number of ether oxygens (including phenoxy) is 1. The van der Waals surface area contributed by atoms with Crippen LogP contribution < -0.4 is 10.6 Å². The van der Waals surface area contributed by atoms with Gasteiger partial charge in [-0.25, -0.2) is 0 Å². The standard InChI is InChI=1S/C14H20N2OS/c18-14(16-12-6-2-1-3-7-12)15-10-9-13-8-4-5-11-17-13/h1-3,6-7,13H,4-5,8-11H2,(H2,15,16,18). The number of nitrogens with one attached hydrogen (secondary N) is 2. The summed E-state index contributed by atoms with van der Waals surface area (Å²) in [6.45, 7) is 1.78. The molecule has 0 spiro atoms. The van der Waals surface area contributed by atoms with Crippen molar-refractivity contribution in [2.24, 2.45) is 0 Å². The van der Waals surface area contributed by atoms with Gasteiger partial charge >= 0.3 is 0 Å². The van der Waals surface area contributed by atoms with Gasteiger partial charge in [0.15, 0.2) is 5.11 Å². The SMILES string of the molecule is S=C(NCCC1CCCCO1)Nc1ccccc1. The summed E-state index contributed by atoms with van der Waals surface area (Å²) >= 11 is 5.24. The van der Waals surface area contributed by atoms with Gasteiger partial charge in [-0.2, -0.15) is 0 Å². The van der Waals surface area contributed by atoms with Crippen molar-refractivity contribution >= 4 is 23.0 Å². The molecule has 1 heterocycles. The number of thiocarbonyl (C=S) groups is 1. The Balaban J connectivity index is 1.62. The molecule has 1 saturated heterocycles. The van der Waals surface area contributed by atoms with Crippen LogP contribution in [0.25, 0.3) is 0 Å². The van der Waals surface area contributed by atoms with Crippen LogP contribution in [-0.2, 0) is 4.74 Å². The van der Waals surface area contributed by atoms with E-state index in [0.717, 1.165) is 25.3 Å². The zero-order valence-corrected chi connectivity index (χ0v) is 11.3. The zero-order chi connectivity index (χ0) is 12.6. The van der Waals surface area contributed by atoms with Gasteiger partial charge in [-0.1, -0.05) is 18.2 Å². The smallest absolute Gasteiger partial charge is 0.170 e. The maximum atomic E-state index is 5.67. The molecular weight excluding hydrogens is 244 g/mol. The van der Waals surface area contributed by atoms with E-state index in [9.17, 15) is 0 Å². The summed E-state index contributed by atoms with van der Waals surface area (Å²) in [6.07, 6.45) is 5.11. The highest BCUT2D eigenvalue weighted by Gasteiger charge is 2.13. The Kier molecular flexibility index (Phi) is 5.42. The maximum Gasteiger partial charge on any atom is 0.170 e. The third kappa shape index (κ3) is 4.63. The molecular formula is C14H20N2OS. The van der Waals surface area contributed by atoms with Crippen LogP contribution in [0.5, 0.6) is 0 Å². The van der Waals surface area contributed by atoms with Crippen LogP contribution in [0.15, 0.2) is 30.3 Å². The third-order valence-electron chi connectivity index (χ3n) is 3.06. The highest BCUT2D eigenvalue weighted by molar-refractivity contribution is 7.80. The van der Waals surface area contributed by atoms with Crippen LogP contribution in [0.2, 0.25) is 0 Å². The van der Waals surface area contributed by atoms with Crippen molar-refractivity contribution in [3.05, 3.63) is 30.3 Å². The van der Waals surface area contributed by atoms with Gasteiger partial charge in [-0.05, 0) is 50.0 Å². The quantitative estimate of drug-likeness (QED) is 0.819. The molecule has 1 fully saturated rings. The van der Waals surface area contributed by atoms with Gasteiger partial charge in [0.1, 0.15) is 0 Å². The Labute approximate surface area is 114 Å². The first-order valence-corrected chi connectivity index (χ1v) is 6.97. The fourth-order valence-corrected chi connectivity index (χ4v) is 2.30. The molecule has 18 heavy (non-hydrogen) atoms. The molecule has 1 unspecified atom stereocenters. The number of para-hydroxylation sites is 1. The number of hydrogen-bond donors (Lipinski definition) is 2. The molecule has 0 saturated carbocycles. The van der Waals surface area contributed by atoms with Crippen molar-refractivity contribution in [2.45, 2.75) is 31.8 Å². The maximum absolute atomic E-state index is 5.67. The summed E-state index contributed by atoms with van der Waals surface area (Å²) < 4.78 is 5.67. The van der Waals surface area contributed by atoms with Crippen LogP contribution in [0.3, 0.4) is 0 Å². The van der Waals surface area contributed by atoms with Crippen LogP contribution >= 0.6 is 12.2 Å². The number of benzene rings is 1. The molecule has 2 rings (SSSR count). The van der Waals surface area contributed by atoms with Gasteiger partial charge in [0.25, 0.3) is 0 Å². The lowest BCUT2D eigenvalue weighted by atomic mass is 10.1. The van der Waals surface area contributed by atoms with Crippen LogP contribution in [0, 0.1) is 0 Å². The predicted octanol–water partition coefficient (Wildman–Crippen LogP) is 2.93. The molecule has 0 radical (unpaired) electrons. The van der Waals surface area contributed by atoms with Gasteiger partial charge in [0, 0.05) is 18.8 Å². The Morgan fingerprint density at radius 2 is 2.11 bits per heavy atom. The molecule has 0 aromatic heterocycles. The second-order valence-corrected chi connectivity index (χ2v) is 4.93. The summed E-state index contributed by atoms with van der Waals surface area (Å²) in [5, 5.41) is 7.06. The molecule has 2 N–H and O–H groups in total. The molecule has 0 amide bonds. The van der Waals surface area contributed by atoms with Crippen molar-refractivity contribution in [3.8, 4) is 0 Å². The average Bonchev–Trinajstić information content (AvgIpc) is 2.41. The number of rotatable bonds is 4. The van der Waals surface area contributed by atoms with E-state index in [1.807, 2.05) is 30.3 Å². The van der Waals surface area contributed by atoms with Gasteiger partial charge in [0.05, 0.1) is 6.10 Å². The van der Waals surface area contributed by atoms with E-state index in [1.54, 1.807) is 0 Å². The molecule has 0 bridgehead atoms. The van der Waals surface area contributed by atoms with E-state index >= 15 is 0 Å². The molecule has 1 aromatic rings. The van der Waals surface area contributed by atoms with Crippen LogP contribution in [0.1, 0.15) is 25.7 Å². The lowest BCUT2D eigenvalue weighted by molar-refractivity contribution is 0.0122. The fourth-order valence-electron chi connectivity index (χ4n) is 2.08. The number of anilines is 1. The van der Waals surface area contributed by atoms with Crippen LogP contribution in [-0.4, -0.2) is 24.4 Å². The molecule has 98 valence electrons. The highest BCUT2D eigenvalue weighted by atomic mass is 32.1. The third-order valence-corrected chi connectivity index (χ3v) is 3.30. The van der Waals surface area contributed by atoms with E-state index in [4.69, 9.17) is 17.0 Å². The van der Waals surface area contributed by atoms with E-state index in [-0.39, 0.29) is 0 Å². The van der Waals surface area contributed by atoms with E-state index in [1.165, 1.54) is 19.3 Å². The highest BCUT2D eigenvalue weighted by Crippen LogP contribution is 2.14. The minimum Gasteiger partial charge on any atom is -0.378 e. The second kappa shape index (κ2) is 7.34. The Morgan fingerprint density at radius 3 is 2.83 bits per heavy atom. The monoisotopic (exact) mass is 264 g/mol. The molecule has 0 aliphatic carbocycles. The van der Waals surface area contributed by atoms with Crippen molar-refractivity contribution in [2.75, 3.05) is 18.5 Å². The molecule has 1 aromatic carbocycles. The van der Waals surface area contributed by atoms with E-state index < -0.39 is 0 Å². The van der Waals surface area contributed by atoms with Gasteiger partial charge in [-0.15, -0.1) is 0 Å². The van der Waals surface area contributed by atoms with E-state index in [0.29, 0.717) is 11.2 Å². The van der Waals surface area contributed by atoms with Crippen LogP contribution in [0.4, 0.5) is 5.69 Å². The molecule has 1 aliphatic heterocycles. The molecule has 1 aliphatic rings. The first kappa shape index (κ1) is 13.3. The van der Waals surface area contributed by atoms with Crippen molar-refractivity contribution < 1.29 is 4.74 Å². The zero-order valence-electron chi connectivity index (χ0n) is 10.5. The summed E-state index contributed by atoms with van der Waals surface area (Å²) in [5.74, 6) is 0. The summed E-state index contributed by atoms with van der Waals surface area (Å²) in [6, 6.07) is 9.96. The first-order valence-electron chi connectivity index (χ1n) is 6.56. The van der Waals surface area contributed by atoms with Crippen molar-refractivity contribution in [3.63, 3.8) is 0 Å². The van der Waals surface area contributed by atoms with Gasteiger partial charge in [0.2, 0.25) is 0 Å². The lowest BCUT2D eigenvalue weighted by Crippen LogP contribution is -2.32. The summed E-state index contributed by atoms with van der Waals surface area (Å²) in [7, 11) is 0. The van der Waals surface area contributed by atoms with Gasteiger partial charge in [-0.3, -0.25) is 0 Å². The number of hydrogen-bond acceptors (Lipinski definition) is 2. The Morgan fingerprint density at radius 1 is 1.28 bits per heavy atom. The largest absolute Gasteiger partial charge is 0.378 e. The lowest BCUT2D eigenvalue weighted by Gasteiger charge is -2.22. The van der Waals surface area contributed by atoms with E-state index in [2.05, 4.69) is 10.6 Å². The minimum atomic E-state index is 0.408. The predicted molar refractivity (Wildman–Crippen MR) is 78.9 cm³/mol. The Bertz CT molecular complexity index is 363. The average molecular weight is 264 g/mol. The summed E-state index contributed by atoms with van der Waals surface area (Å²) in [5.41, 5.74) is 1.02. The van der Waals surface area contributed by atoms with Crippen molar-refractivity contribution in [1.82, 2.24) is 5.32 Å². The minimum absolute atomic E-state index is 0.408. The Hall–Kier alpha value is -1.13. The normalized spacial score (nSPS) is 19.2.